The zero-order chi connectivity index (χ0) is 16.4. The minimum absolute atomic E-state index is 0.0141. The van der Waals surface area contributed by atoms with Gasteiger partial charge in [-0.15, -0.1) is 0 Å². The average Bonchev–Trinajstić information content (AvgIpc) is 2.77. The highest BCUT2D eigenvalue weighted by Crippen LogP contribution is 2.13. The van der Waals surface area contributed by atoms with Crippen molar-refractivity contribution >= 4 is 16.7 Å². The largest absolute Gasteiger partial charge is 0.341 e. The zero-order valence-corrected chi connectivity index (χ0v) is 13.4. The topological polar surface area (TPSA) is 81.2 Å². The fourth-order valence-corrected chi connectivity index (χ4v) is 3.11. The summed E-state index contributed by atoms with van der Waals surface area (Å²) >= 11 is 0. The number of rotatable bonds is 2. The number of benzene rings is 1. The number of fused-ring (bicyclic) bond motifs is 1. The summed E-state index contributed by atoms with van der Waals surface area (Å²) in [4.78, 5) is 26.8. The molecule has 1 amide bonds. The van der Waals surface area contributed by atoms with E-state index in [-0.39, 0.29) is 24.1 Å². The minimum atomic E-state index is -0.217. The predicted molar refractivity (Wildman–Crippen MR) is 89.1 cm³/mol. The van der Waals surface area contributed by atoms with Gasteiger partial charge < -0.3 is 10.6 Å². The number of hydrogen-bond acceptors (Lipinski definition) is 4. The van der Waals surface area contributed by atoms with Crippen LogP contribution < -0.4 is 11.3 Å². The average molecular weight is 314 g/mol. The van der Waals surface area contributed by atoms with Gasteiger partial charge >= 0.3 is 0 Å². The maximum absolute atomic E-state index is 12.5. The van der Waals surface area contributed by atoms with E-state index in [4.69, 9.17) is 5.73 Å². The van der Waals surface area contributed by atoms with Crippen molar-refractivity contribution in [3.63, 3.8) is 0 Å². The Morgan fingerprint density at radius 2 is 2.00 bits per heavy atom. The first-order valence-corrected chi connectivity index (χ1v) is 8.06. The zero-order valence-electron chi connectivity index (χ0n) is 13.4. The Labute approximate surface area is 134 Å². The van der Waals surface area contributed by atoms with Gasteiger partial charge in [-0.1, -0.05) is 18.2 Å². The second kappa shape index (κ2) is 6.50. The summed E-state index contributed by atoms with van der Waals surface area (Å²) in [5.41, 5.74) is 6.49. The number of aromatic nitrogens is 2. The molecule has 0 bridgehead atoms. The Balaban J connectivity index is 1.85. The molecule has 1 aliphatic rings. The third-order valence-electron chi connectivity index (χ3n) is 4.46. The molecule has 1 unspecified atom stereocenters. The number of aryl methyl sites for hydroxylation is 1. The van der Waals surface area contributed by atoms with E-state index in [2.05, 4.69) is 5.10 Å². The first-order chi connectivity index (χ1) is 11.1. The van der Waals surface area contributed by atoms with E-state index in [1.165, 1.54) is 4.68 Å². The summed E-state index contributed by atoms with van der Waals surface area (Å²) in [6.07, 6.45) is 2.66. The van der Waals surface area contributed by atoms with Crippen LogP contribution in [0.4, 0.5) is 0 Å². The van der Waals surface area contributed by atoms with Crippen LogP contribution in [0, 0.1) is 6.92 Å². The van der Waals surface area contributed by atoms with Crippen molar-refractivity contribution in [2.45, 2.75) is 38.8 Å². The van der Waals surface area contributed by atoms with Crippen LogP contribution in [-0.4, -0.2) is 39.7 Å². The summed E-state index contributed by atoms with van der Waals surface area (Å²) in [7, 11) is 0. The Morgan fingerprint density at radius 1 is 1.26 bits per heavy atom. The molecule has 1 aromatic heterocycles. The van der Waals surface area contributed by atoms with Crippen molar-refractivity contribution in [1.82, 2.24) is 14.7 Å². The van der Waals surface area contributed by atoms with Gasteiger partial charge in [-0.25, -0.2) is 4.68 Å². The van der Waals surface area contributed by atoms with Gasteiger partial charge in [0.15, 0.2) is 0 Å². The lowest BCUT2D eigenvalue weighted by molar-refractivity contribution is -0.132. The van der Waals surface area contributed by atoms with Gasteiger partial charge in [0.05, 0.1) is 11.1 Å². The van der Waals surface area contributed by atoms with Crippen molar-refractivity contribution in [3.8, 4) is 0 Å². The maximum atomic E-state index is 12.5. The predicted octanol–water partition coefficient (Wildman–Crippen LogP) is 1.04. The second-order valence-electron chi connectivity index (χ2n) is 6.17. The number of carbonyl (C=O) groups excluding carboxylic acids is 1. The van der Waals surface area contributed by atoms with E-state index in [9.17, 15) is 9.59 Å². The van der Waals surface area contributed by atoms with E-state index in [1.54, 1.807) is 11.0 Å². The van der Waals surface area contributed by atoms with Gasteiger partial charge in [-0.05, 0) is 32.3 Å². The monoisotopic (exact) mass is 314 g/mol. The normalized spacial score (nSPS) is 18.9. The van der Waals surface area contributed by atoms with Crippen LogP contribution in [0.5, 0.6) is 0 Å². The molecular formula is C17H22N4O2. The fraction of sp³-hybridized carbons (Fsp3) is 0.471. The third-order valence-corrected chi connectivity index (χ3v) is 4.46. The van der Waals surface area contributed by atoms with E-state index in [0.29, 0.717) is 18.5 Å². The number of carbonyl (C=O) groups is 1. The molecule has 1 aliphatic heterocycles. The highest BCUT2D eigenvalue weighted by molar-refractivity contribution is 5.83. The molecule has 0 radical (unpaired) electrons. The molecule has 23 heavy (non-hydrogen) atoms. The molecule has 2 N–H and O–H groups in total. The van der Waals surface area contributed by atoms with E-state index < -0.39 is 0 Å². The highest BCUT2D eigenvalue weighted by atomic mass is 16.2. The molecule has 0 aliphatic carbocycles. The van der Waals surface area contributed by atoms with Gasteiger partial charge in [0.1, 0.15) is 6.54 Å². The third kappa shape index (κ3) is 3.27. The first-order valence-electron chi connectivity index (χ1n) is 8.06. The summed E-state index contributed by atoms with van der Waals surface area (Å²) in [6.45, 7) is 3.20. The standard InChI is InChI=1S/C17H22N4O2/c1-12-14-6-2-3-7-15(14)17(23)21(19-12)11-16(22)20-9-4-5-13(18)8-10-20/h2-3,6-7,13H,4-5,8-11,18H2,1H3. The molecule has 0 saturated carbocycles. The van der Waals surface area contributed by atoms with E-state index in [1.807, 2.05) is 25.1 Å². The fourth-order valence-electron chi connectivity index (χ4n) is 3.11. The number of amides is 1. The summed E-state index contributed by atoms with van der Waals surface area (Å²) < 4.78 is 1.28. The Bertz CT molecular complexity index is 784. The molecular weight excluding hydrogens is 292 g/mol. The number of nitrogens with two attached hydrogens (primary N) is 1. The molecule has 1 atom stereocenters. The second-order valence-corrected chi connectivity index (χ2v) is 6.17. The van der Waals surface area contributed by atoms with Gasteiger partial charge in [-0.2, -0.15) is 5.10 Å². The molecule has 6 nitrogen and oxygen atoms in total. The Kier molecular flexibility index (Phi) is 4.43. The Hall–Kier alpha value is -2.21. The summed E-state index contributed by atoms with van der Waals surface area (Å²) in [6, 6.07) is 7.52. The van der Waals surface area contributed by atoms with Crippen molar-refractivity contribution in [2.24, 2.45) is 5.73 Å². The van der Waals surface area contributed by atoms with Crippen LogP contribution in [0.3, 0.4) is 0 Å². The lowest BCUT2D eigenvalue weighted by Gasteiger charge is -2.20. The van der Waals surface area contributed by atoms with Crippen molar-refractivity contribution < 1.29 is 4.79 Å². The number of nitrogens with zero attached hydrogens (tertiary/aromatic N) is 3. The van der Waals surface area contributed by atoms with Crippen LogP contribution in [0.1, 0.15) is 25.0 Å². The molecule has 6 heteroatoms. The van der Waals surface area contributed by atoms with Gasteiger partial charge in [-0.3, -0.25) is 9.59 Å². The molecule has 1 fully saturated rings. The van der Waals surface area contributed by atoms with E-state index >= 15 is 0 Å². The van der Waals surface area contributed by atoms with Crippen LogP contribution in [0.25, 0.3) is 10.8 Å². The van der Waals surface area contributed by atoms with Gasteiger partial charge in [0, 0.05) is 24.5 Å². The van der Waals surface area contributed by atoms with Crippen LogP contribution >= 0.6 is 0 Å². The van der Waals surface area contributed by atoms with Crippen LogP contribution in [0.2, 0.25) is 0 Å². The lowest BCUT2D eigenvalue weighted by atomic mass is 10.1. The Morgan fingerprint density at radius 3 is 2.78 bits per heavy atom. The van der Waals surface area contributed by atoms with Crippen molar-refractivity contribution in [2.75, 3.05) is 13.1 Å². The van der Waals surface area contributed by atoms with E-state index in [0.717, 1.165) is 30.3 Å². The molecule has 2 aromatic rings. The first kappa shape index (κ1) is 15.7. The summed E-state index contributed by atoms with van der Waals surface area (Å²) in [5, 5.41) is 5.74. The minimum Gasteiger partial charge on any atom is -0.341 e. The number of hydrogen-bond donors (Lipinski definition) is 1. The molecule has 3 rings (SSSR count). The van der Waals surface area contributed by atoms with Crippen LogP contribution in [0.15, 0.2) is 29.1 Å². The smallest absolute Gasteiger partial charge is 0.275 e. The molecule has 1 saturated heterocycles. The van der Waals surface area contributed by atoms with Crippen molar-refractivity contribution in [1.29, 1.82) is 0 Å². The lowest BCUT2D eigenvalue weighted by Crippen LogP contribution is -2.38. The quantitative estimate of drug-likeness (QED) is 0.898. The SMILES string of the molecule is Cc1nn(CC(=O)N2CCCC(N)CC2)c(=O)c2ccccc12. The number of likely N-dealkylation sites (tertiary alicyclic amines) is 1. The highest BCUT2D eigenvalue weighted by Gasteiger charge is 2.20. The van der Waals surface area contributed by atoms with Gasteiger partial charge in [0.25, 0.3) is 5.56 Å². The molecule has 0 spiro atoms. The molecule has 2 heterocycles. The van der Waals surface area contributed by atoms with Gasteiger partial charge in [0.2, 0.25) is 5.91 Å². The summed E-state index contributed by atoms with van der Waals surface area (Å²) in [5.74, 6) is -0.0663. The molecule has 122 valence electrons. The van der Waals surface area contributed by atoms with Crippen molar-refractivity contribution in [3.05, 3.63) is 40.3 Å². The van der Waals surface area contributed by atoms with Crippen LogP contribution in [-0.2, 0) is 11.3 Å². The molecule has 1 aromatic carbocycles. The maximum Gasteiger partial charge on any atom is 0.275 e.